The summed E-state index contributed by atoms with van der Waals surface area (Å²) in [5.74, 6) is 0. The molecule has 3 heteroatoms. The lowest BCUT2D eigenvalue weighted by molar-refractivity contribution is 1.32. The van der Waals surface area contributed by atoms with Crippen LogP contribution in [0.15, 0.2) is 40.5 Å². The van der Waals surface area contributed by atoms with Gasteiger partial charge in [0.05, 0.1) is 0 Å². The van der Waals surface area contributed by atoms with Crippen molar-refractivity contribution in [2.75, 3.05) is 0 Å². The van der Waals surface area contributed by atoms with Crippen LogP contribution in [-0.4, -0.2) is 4.98 Å². The highest BCUT2D eigenvalue weighted by atomic mass is 79.9. The summed E-state index contributed by atoms with van der Waals surface area (Å²) in [7, 11) is 0. The van der Waals surface area contributed by atoms with E-state index in [1.807, 2.05) is 24.3 Å². The fourth-order valence-electron chi connectivity index (χ4n) is 0.693. The maximum absolute atomic E-state index is 3.99. The Balaban J connectivity index is 2.70. The van der Waals surface area contributed by atoms with Crippen LogP contribution in [0.2, 0.25) is 0 Å². The average Bonchev–Trinajstić information content (AvgIpc) is 2.16. The molecule has 1 aromatic rings. The third-order valence-electron chi connectivity index (χ3n) is 1.26. The fourth-order valence-corrected chi connectivity index (χ4v) is 0.912. The first-order valence-corrected chi connectivity index (χ1v) is 4.72. The number of thiol groups is 1. The van der Waals surface area contributed by atoms with Gasteiger partial charge in [0.25, 0.3) is 0 Å². The molecule has 0 fully saturated rings. The van der Waals surface area contributed by atoms with Crippen molar-refractivity contribution in [3.8, 4) is 0 Å². The Morgan fingerprint density at radius 3 is 2.67 bits per heavy atom. The molecule has 0 aliphatic carbocycles. The highest BCUT2D eigenvalue weighted by Gasteiger charge is 1.83. The summed E-state index contributed by atoms with van der Waals surface area (Å²) in [6.45, 7) is 0. The maximum Gasteiger partial charge on any atom is 0.0273 e. The number of halogens is 1. The van der Waals surface area contributed by atoms with E-state index in [-0.39, 0.29) is 0 Å². The number of aromatic nitrogens is 1. The van der Waals surface area contributed by atoms with Crippen molar-refractivity contribution in [2.45, 2.75) is 0 Å². The molecule has 12 heavy (non-hydrogen) atoms. The molecule has 0 radical (unpaired) electrons. The predicted octanol–water partition coefficient (Wildman–Crippen LogP) is 3.26. The van der Waals surface area contributed by atoms with E-state index in [1.165, 1.54) is 0 Å². The zero-order valence-corrected chi connectivity index (χ0v) is 8.79. The normalized spacial score (nSPS) is 12.3. The minimum absolute atomic E-state index is 0.947. The van der Waals surface area contributed by atoms with Crippen LogP contribution in [0.5, 0.6) is 0 Å². The van der Waals surface area contributed by atoms with Crippen LogP contribution in [0.25, 0.3) is 6.08 Å². The molecule has 1 rings (SSSR count). The van der Waals surface area contributed by atoms with Crippen LogP contribution < -0.4 is 0 Å². The zero-order valence-electron chi connectivity index (χ0n) is 6.31. The molecule has 0 unspecified atom stereocenters. The van der Waals surface area contributed by atoms with E-state index in [2.05, 4.69) is 33.5 Å². The molecule has 1 heterocycles. The smallest absolute Gasteiger partial charge is 0.0273 e. The van der Waals surface area contributed by atoms with E-state index in [4.69, 9.17) is 0 Å². The molecule has 0 N–H and O–H groups in total. The Bertz CT molecular complexity index is 293. The summed E-state index contributed by atoms with van der Waals surface area (Å²) < 4.78 is 0.947. The summed E-state index contributed by atoms with van der Waals surface area (Å²) in [5, 5.41) is 1.69. The van der Waals surface area contributed by atoms with Crippen LogP contribution in [0.3, 0.4) is 0 Å². The van der Waals surface area contributed by atoms with Crippen molar-refractivity contribution in [2.24, 2.45) is 0 Å². The molecule has 0 saturated carbocycles. The van der Waals surface area contributed by atoms with E-state index in [1.54, 1.807) is 17.8 Å². The standard InChI is InChI=1S/C9H8BrNS/c10-9(7-12)2-1-8-3-5-11-6-4-8/h1-7,12H/b2-1+,9-7+. The Labute approximate surface area is 85.8 Å². The Kier molecular flexibility index (Phi) is 4.11. The van der Waals surface area contributed by atoms with E-state index in [9.17, 15) is 0 Å². The van der Waals surface area contributed by atoms with Gasteiger partial charge in [-0.05, 0) is 29.2 Å². The highest BCUT2D eigenvalue weighted by molar-refractivity contribution is 9.12. The number of pyridine rings is 1. The van der Waals surface area contributed by atoms with E-state index in [0.29, 0.717) is 0 Å². The van der Waals surface area contributed by atoms with Gasteiger partial charge in [-0.1, -0.05) is 22.0 Å². The first kappa shape index (κ1) is 9.55. The second-order valence-corrected chi connectivity index (χ2v) is 3.30. The van der Waals surface area contributed by atoms with Gasteiger partial charge in [0.2, 0.25) is 0 Å². The number of rotatable bonds is 2. The van der Waals surface area contributed by atoms with Crippen LogP contribution in [0.1, 0.15) is 5.56 Å². The SMILES string of the molecule is S/C=C(Br)\C=C\c1ccncc1. The van der Waals surface area contributed by atoms with Gasteiger partial charge in [0.15, 0.2) is 0 Å². The summed E-state index contributed by atoms with van der Waals surface area (Å²) >= 11 is 7.31. The number of allylic oxidation sites excluding steroid dienone is 2. The van der Waals surface area contributed by atoms with Crippen molar-refractivity contribution in [1.82, 2.24) is 4.98 Å². The van der Waals surface area contributed by atoms with E-state index >= 15 is 0 Å². The third kappa shape index (κ3) is 3.24. The summed E-state index contributed by atoms with van der Waals surface area (Å²) in [5.41, 5.74) is 1.12. The average molecular weight is 242 g/mol. The topological polar surface area (TPSA) is 12.9 Å². The van der Waals surface area contributed by atoms with Gasteiger partial charge in [0, 0.05) is 16.9 Å². The quantitative estimate of drug-likeness (QED) is 0.620. The lowest BCUT2D eigenvalue weighted by atomic mass is 10.2. The zero-order chi connectivity index (χ0) is 8.81. The van der Waals surface area contributed by atoms with Gasteiger partial charge in [-0.25, -0.2) is 0 Å². The van der Waals surface area contributed by atoms with Crippen molar-refractivity contribution in [3.63, 3.8) is 0 Å². The maximum atomic E-state index is 3.99. The minimum atomic E-state index is 0.947. The lowest BCUT2D eigenvalue weighted by Gasteiger charge is -1.89. The molecule has 0 spiro atoms. The molecule has 0 saturated heterocycles. The first-order valence-electron chi connectivity index (χ1n) is 3.41. The second-order valence-electron chi connectivity index (χ2n) is 2.13. The van der Waals surface area contributed by atoms with Crippen LogP contribution in [0, 0.1) is 0 Å². The fraction of sp³-hybridized carbons (Fsp3) is 0. The molecule has 0 aliphatic heterocycles. The first-order chi connectivity index (χ1) is 5.83. The Hall–Kier alpha value is -0.540. The third-order valence-corrected chi connectivity index (χ3v) is 2.39. The van der Waals surface area contributed by atoms with Gasteiger partial charge >= 0.3 is 0 Å². The van der Waals surface area contributed by atoms with Gasteiger partial charge in [-0.3, -0.25) is 4.98 Å². The molecule has 0 aliphatic rings. The van der Waals surface area contributed by atoms with Gasteiger partial charge < -0.3 is 0 Å². The monoisotopic (exact) mass is 241 g/mol. The second kappa shape index (κ2) is 5.17. The van der Waals surface area contributed by atoms with Gasteiger partial charge in [-0.2, -0.15) is 12.6 Å². The lowest BCUT2D eigenvalue weighted by Crippen LogP contribution is -1.71. The highest BCUT2D eigenvalue weighted by Crippen LogP contribution is 2.10. The van der Waals surface area contributed by atoms with Crippen LogP contribution >= 0.6 is 28.6 Å². The summed E-state index contributed by atoms with van der Waals surface area (Å²) in [4.78, 5) is 3.92. The van der Waals surface area contributed by atoms with Crippen LogP contribution in [0.4, 0.5) is 0 Å². The number of nitrogens with zero attached hydrogens (tertiary/aromatic N) is 1. The largest absolute Gasteiger partial charge is 0.265 e. The van der Waals surface area contributed by atoms with Crippen molar-refractivity contribution in [3.05, 3.63) is 46.1 Å². The molecule has 1 nitrogen and oxygen atoms in total. The van der Waals surface area contributed by atoms with Crippen molar-refractivity contribution >= 4 is 34.6 Å². The molecule has 0 atom stereocenters. The van der Waals surface area contributed by atoms with Gasteiger partial charge in [-0.15, -0.1) is 0 Å². The van der Waals surface area contributed by atoms with E-state index in [0.717, 1.165) is 10.0 Å². The molecule has 0 aromatic carbocycles. The molecular formula is C9H8BrNS. The predicted molar refractivity (Wildman–Crippen MR) is 59.3 cm³/mol. The van der Waals surface area contributed by atoms with Crippen molar-refractivity contribution < 1.29 is 0 Å². The van der Waals surface area contributed by atoms with Gasteiger partial charge in [0.1, 0.15) is 0 Å². The molecule has 0 amide bonds. The molecule has 1 aromatic heterocycles. The molecule has 0 bridgehead atoms. The van der Waals surface area contributed by atoms with Crippen LogP contribution in [-0.2, 0) is 0 Å². The molecular weight excluding hydrogens is 234 g/mol. The van der Waals surface area contributed by atoms with E-state index < -0.39 is 0 Å². The molecule has 62 valence electrons. The Morgan fingerprint density at radius 2 is 2.08 bits per heavy atom. The number of hydrogen-bond acceptors (Lipinski definition) is 2. The van der Waals surface area contributed by atoms with Crippen molar-refractivity contribution in [1.29, 1.82) is 0 Å². The minimum Gasteiger partial charge on any atom is -0.265 e. The number of hydrogen-bond donors (Lipinski definition) is 1. The summed E-state index contributed by atoms with van der Waals surface area (Å²) in [6.07, 6.45) is 7.44. The summed E-state index contributed by atoms with van der Waals surface area (Å²) in [6, 6.07) is 3.88. The Morgan fingerprint density at radius 1 is 1.42 bits per heavy atom.